The fourth-order valence-corrected chi connectivity index (χ4v) is 3.07. The number of ether oxygens (including phenoxy) is 1. The second kappa shape index (κ2) is 5.07. The van der Waals surface area contributed by atoms with Gasteiger partial charge in [-0.2, -0.15) is 0 Å². The Hall–Kier alpha value is -1.05. The number of aliphatic hydroxyl groups is 1. The van der Waals surface area contributed by atoms with Crippen LogP contribution in [-0.2, 0) is 9.53 Å². The van der Waals surface area contributed by atoms with Crippen LogP contribution in [0.4, 0.5) is 0 Å². The lowest BCUT2D eigenvalue weighted by Crippen LogP contribution is -2.37. The Kier molecular flexibility index (Phi) is 3.70. The van der Waals surface area contributed by atoms with Gasteiger partial charge < -0.3 is 9.84 Å². The molecule has 17 heavy (non-hydrogen) atoms. The molecular formula is C14H20O3. The molecule has 3 nitrogen and oxygen atoms in total. The summed E-state index contributed by atoms with van der Waals surface area (Å²) in [5.74, 6) is -0.00259. The first kappa shape index (κ1) is 12.4. The Bertz CT molecular complexity index is 366. The van der Waals surface area contributed by atoms with Gasteiger partial charge in [0.1, 0.15) is 0 Å². The molecule has 2 aliphatic rings. The second-order valence-corrected chi connectivity index (χ2v) is 4.92. The van der Waals surface area contributed by atoms with Crippen molar-refractivity contribution in [3.05, 3.63) is 17.4 Å². The summed E-state index contributed by atoms with van der Waals surface area (Å²) in [6.45, 7) is 2.15. The largest absolute Gasteiger partial charge is 0.462 e. The SMILES string of the molecule is CCOC(=O)C=C=C1CC[C@@H]2CCCC[C@]12O. The van der Waals surface area contributed by atoms with Crippen molar-refractivity contribution in [2.75, 3.05) is 6.61 Å². The van der Waals surface area contributed by atoms with Crippen LogP contribution in [0.1, 0.15) is 45.4 Å². The van der Waals surface area contributed by atoms with Crippen molar-refractivity contribution >= 4 is 5.97 Å². The summed E-state index contributed by atoms with van der Waals surface area (Å²) in [6.07, 6.45) is 7.40. The van der Waals surface area contributed by atoms with E-state index in [1.165, 1.54) is 12.5 Å². The molecule has 3 heteroatoms. The zero-order chi connectivity index (χ0) is 12.3. The Morgan fingerprint density at radius 2 is 2.41 bits per heavy atom. The van der Waals surface area contributed by atoms with Crippen molar-refractivity contribution in [3.8, 4) is 0 Å². The Balaban J connectivity index is 2.16. The molecule has 0 aliphatic heterocycles. The number of rotatable bonds is 2. The summed E-state index contributed by atoms with van der Waals surface area (Å²) in [5.41, 5.74) is 3.18. The van der Waals surface area contributed by atoms with E-state index in [2.05, 4.69) is 5.73 Å². The predicted octanol–water partition coefficient (Wildman–Crippen LogP) is 2.35. The molecule has 0 aromatic rings. The van der Waals surface area contributed by atoms with Crippen LogP contribution < -0.4 is 0 Å². The predicted molar refractivity (Wildman–Crippen MR) is 64.4 cm³/mol. The molecule has 0 radical (unpaired) electrons. The summed E-state index contributed by atoms with van der Waals surface area (Å²) in [6, 6.07) is 0. The number of carbonyl (C=O) groups excluding carboxylic acids is 1. The van der Waals surface area contributed by atoms with Crippen LogP contribution in [0.3, 0.4) is 0 Å². The minimum absolute atomic E-state index is 0.370. The highest BCUT2D eigenvalue weighted by atomic mass is 16.5. The van der Waals surface area contributed by atoms with E-state index in [0.717, 1.165) is 37.7 Å². The van der Waals surface area contributed by atoms with Crippen LogP contribution in [0.15, 0.2) is 17.4 Å². The average molecular weight is 236 g/mol. The summed E-state index contributed by atoms with van der Waals surface area (Å²) in [4.78, 5) is 11.2. The first-order valence-corrected chi connectivity index (χ1v) is 6.52. The second-order valence-electron chi connectivity index (χ2n) is 4.92. The molecule has 0 spiro atoms. The molecule has 1 N–H and O–H groups in total. The zero-order valence-electron chi connectivity index (χ0n) is 10.4. The van der Waals surface area contributed by atoms with Crippen LogP contribution in [0, 0.1) is 5.92 Å². The molecule has 94 valence electrons. The highest BCUT2D eigenvalue weighted by molar-refractivity contribution is 5.81. The highest BCUT2D eigenvalue weighted by Crippen LogP contribution is 2.48. The van der Waals surface area contributed by atoms with Crippen molar-refractivity contribution in [2.45, 2.75) is 51.0 Å². The lowest BCUT2D eigenvalue weighted by molar-refractivity contribution is -0.137. The van der Waals surface area contributed by atoms with E-state index in [-0.39, 0.29) is 5.97 Å². The van der Waals surface area contributed by atoms with E-state index in [1.807, 2.05) is 0 Å². The van der Waals surface area contributed by atoms with Gasteiger partial charge in [-0.3, -0.25) is 0 Å². The molecule has 0 aromatic heterocycles. The first-order valence-electron chi connectivity index (χ1n) is 6.52. The maximum absolute atomic E-state index is 11.2. The molecule has 0 heterocycles. The van der Waals surface area contributed by atoms with Gasteiger partial charge in [-0.1, -0.05) is 12.8 Å². The van der Waals surface area contributed by atoms with Crippen LogP contribution >= 0.6 is 0 Å². The van der Waals surface area contributed by atoms with Gasteiger partial charge in [-0.05, 0) is 38.5 Å². The minimum Gasteiger partial charge on any atom is -0.462 e. The zero-order valence-corrected chi connectivity index (χ0v) is 10.4. The van der Waals surface area contributed by atoms with Gasteiger partial charge in [-0.15, -0.1) is 5.73 Å². The molecule has 0 amide bonds. The van der Waals surface area contributed by atoms with E-state index in [9.17, 15) is 9.90 Å². The number of esters is 1. The van der Waals surface area contributed by atoms with E-state index < -0.39 is 5.60 Å². The Labute approximate surface area is 102 Å². The van der Waals surface area contributed by atoms with Gasteiger partial charge in [0.2, 0.25) is 0 Å². The van der Waals surface area contributed by atoms with Crippen LogP contribution in [0.25, 0.3) is 0 Å². The third kappa shape index (κ3) is 2.46. The molecule has 2 atom stereocenters. The first-order chi connectivity index (χ1) is 8.16. The molecule has 0 bridgehead atoms. The monoisotopic (exact) mass is 236 g/mol. The standard InChI is InChI=1S/C14H20O3/c1-2-17-13(15)9-8-12-7-6-11-5-3-4-10-14(11,12)16/h9,11,16H,2-7,10H2,1H3/t8?,11-,14+/m0/s1. The fraction of sp³-hybridized carbons (Fsp3) is 0.714. The molecular weight excluding hydrogens is 216 g/mol. The molecule has 2 rings (SSSR count). The van der Waals surface area contributed by atoms with Gasteiger partial charge >= 0.3 is 5.97 Å². The van der Waals surface area contributed by atoms with Crippen molar-refractivity contribution in [1.29, 1.82) is 0 Å². The summed E-state index contributed by atoms with van der Waals surface area (Å²) >= 11 is 0. The highest BCUT2D eigenvalue weighted by Gasteiger charge is 2.46. The minimum atomic E-state index is -0.693. The topological polar surface area (TPSA) is 46.5 Å². The van der Waals surface area contributed by atoms with Gasteiger partial charge in [0, 0.05) is 5.57 Å². The molecule has 0 saturated heterocycles. The van der Waals surface area contributed by atoms with Gasteiger partial charge in [0.25, 0.3) is 0 Å². The van der Waals surface area contributed by atoms with Gasteiger partial charge in [-0.25, -0.2) is 4.79 Å². The number of hydrogen-bond acceptors (Lipinski definition) is 3. The average Bonchev–Trinajstić information content (AvgIpc) is 2.63. The van der Waals surface area contributed by atoms with Crippen molar-refractivity contribution in [3.63, 3.8) is 0 Å². The number of carbonyl (C=O) groups is 1. The van der Waals surface area contributed by atoms with E-state index in [1.54, 1.807) is 6.92 Å². The molecule has 2 aliphatic carbocycles. The molecule has 0 unspecified atom stereocenters. The third-order valence-electron chi connectivity index (χ3n) is 3.95. The number of fused-ring (bicyclic) bond motifs is 1. The normalized spacial score (nSPS) is 31.6. The third-order valence-corrected chi connectivity index (χ3v) is 3.95. The number of hydrogen-bond donors (Lipinski definition) is 1. The van der Waals surface area contributed by atoms with E-state index in [4.69, 9.17) is 4.74 Å². The van der Waals surface area contributed by atoms with Crippen LogP contribution in [0.5, 0.6) is 0 Å². The maximum Gasteiger partial charge on any atom is 0.338 e. The van der Waals surface area contributed by atoms with Crippen molar-refractivity contribution in [1.82, 2.24) is 0 Å². The van der Waals surface area contributed by atoms with Gasteiger partial charge in [0.15, 0.2) is 0 Å². The Morgan fingerprint density at radius 1 is 1.59 bits per heavy atom. The molecule has 2 saturated carbocycles. The lowest BCUT2D eigenvalue weighted by Gasteiger charge is -2.34. The van der Waals surface area contributed by atoms with Crippen LogP contribution in [0.2, 0.25) is 0 Å². The smallest absolute Gasteiger partial charge is 0.338 e. The quantitative estimate of drug-likeness (QED) is 0.455. The summed E-state index contributed by atoms with van der Waals surface area (Å²) in [5, 5.41) is 10.6. The van der Waals surface area contributed by atoms with E-state index in [0.29, 0.717) is 12.5 Å². The van der Waals surface area contributed by atoms with Crippen molar-refractivity contribution < 1.29 is 14.6 Å². The Morgan fingerprint density at radius 3 is 3.18 bits per heavy atom. The van der Waals surface area contributed by atoms with Gasteiger partial charge in [0.05, 0.1) is 18.3 Å². The fourth-order valence-electron chi connectivity index (χ4n) is 3.07. The van der Waals surface area contributed by atoms with Crippen LogP contribution in [-0.4, -0.2) is 23.3 Å². The maximum atomic E-state index is 11.2. The van der Waals surface area contributed by atoms with E-state index >= 15 is 0 Å². The molecule has 0 aromatic carbocycles. The molecule has 2 fully saturated rings. The summed E-state index contributed by atoms with van der Waals surface area (Å²) < 4.78 is 4.82. The lowest BCUT2D eigenvalue weighted by atomic mass is 9.76. The van der Waals surface area contributed by atoms with Crippen molar-refractivity contribution in [2.24, 2.45) is 5.92 Å². The summed E-state index contributed by atoms with van der Waals surface area (Å²) in [7, 11) is 0.